The third-order valence-corrected chi connectivity index (χ3v) is 6.30. The normalized spacial score (nSPS) is 18.2. The number of hydrogen-bond acceptors (Lipinski definition) is 5. The number of carbonyl (C=O) groups excluding carboxylic acids is 2. The van der Waals surface area contributed by atoms with Crippen LogP contribution in [0.15, 0.2) is 24.4 Å². The molecule has 1 saturated heterocycles. The first-order chi connectivity index (χ1) is 13.9. The minimum atomic E-state index is -0.540. The molecule has 2 aliphatic rings. The number of nitrogens with zero attached hydrogens (tertiary/aromatic N) is 5. The molecule has 8 heteroatoms. The molecule has 0 unspecified atom stereocenters. The lowest BCUT2D eigenvalue weighted by molar-refractivity contribution is -0.00626. The zero-order valence-corrected chi connectivity index (χ0v) is 16.8. The largest absolute Gasteiger partial charge is 0.482 e. The number of piperidine rings is 1. The summed E-state index contributed by atoms with van der Waals surface area (Å²) in [5.74, 6) is 0.633. The van der Waals surface area contributed by atoms with E-state index in [0.717, 1.165) is 16.6 Å². The van der Waals surface area contributed by atoms with E-state index < -0.39 is 5.60 Å². The first-order valence-corrected chi connectivity index (χ1v) is 9.84. The van der Waals surface area contributed by atoms with Gasteiger partial charge in [-0.15, -0.1) is 0 Å². The Hall–Kier alpha value is -3.16. The predicted octanol–water partition coefficient (Wildman–Crippen LogP) is 2.26. The van der Waals surface area contributed by atoms with Crippen LogP contribution in [0, 0.1) is 6.92 Å². The van der Waals surface area contributed by atoms with Crippen LogP contribution in [0.2, 0.25) is 0 Å². The van der Waals surface area contributed by atoms with E-state index in [1.165, 1.54) is 0 Å². The van der Waals surface area contributed by atoms with Crippen LogP contribution < -0.4 is 4.74 Å². The summed E-state index contributed by atoms with van der Waals surface area (Å²) in [6.45, 7) is 3.03. The molecule has 1 spiro atoms. The molecule has 2 aliphatic heterocycles. The van der Waals surface area contributed by atoms with Crippen LogP contribution in [-0.4, -0.2) is 54.8 Å². The molecule has 150 valence electrons. The van der Waals surface area contributed by atoms with E-state index in [0.29, 0.717) is 49.4 Å². The maximum atomic E-state index is 13.0. The van der Waals surface area contributed by atoms with Crippen LogP contribution in [0.3, 0.4) is 0 Å². The number of aromatic nitrogens is 4. The zero-order valence-electron chi connectivity index (χ0n) is 16.8. The van der Waals surface area contributed by atoms with Gasteiger partial charge in [-0.1, -0.05) is 0 Å². The van der Waals surface area contributed by atoms with Crippen molar-refractivity contribution >= 4 is 22.6 Å². The number of fused-ring (bicyclic) bond motifs is 2. The molecule has 2 aromatic heterocycles. The quantitative estimate of drug-likeness (QED) is 0.633. The number of Topliss-reactive ketones (excluding diaryl/α,β-unsaturated/α-hetero) is 1. The Morgan fingerprint density at radius 3 is 2.69 bits per heavy atom. The van der Waals surface area contributed by atoms with Gasteiger partial charge >= 0.3 is 0 Å². The van der Waals surface area contributed by atoms with Gasteiger partial charge in [-0.3, -0.25) is 19.0 Å². The summed E-state index contributed by atoms with van der Waals surface area (Å²) < 4.78 is 9.80. The average molecular weight is 393 g/mol. The molecule has 1 fully saturated rings. The average Bonchev–Trinajstić information content (AvgIpc) is 3.22. The summed E-state index contributed by atoms with van der Waals surface area (Å²) >= 11 is 0. The molecule has 0 bridgehead atoms. The Balaban J connectivity index is 1.34. The number of rotatable bonds is 1. The van der Waals surface area contributed by atoms with Gasteiger partial charge in [0, 0.05) is 51.0 Å². The molecule has 1 amide bonds. The second-order valence-electron chi connectivity index (χ2n) is 8.11. The SMILES string of the molecule is Cc1c2c(nn1C)C(=O)CC1(CCN(C(=O)c3ccc4c(cnn4C)c3)CC1)O2. The lowest BCUT2D eigenvalue weighted by Gasteiger charge is -2.43. The van der Waals surface area contributed by atoms with Gasteiger partial charge in [0.2, 0.25) is 0 Å². The first kappa shape index (κ1) is 17.9. The summed E-state index contributed by atoms with van der Waals surface area (Å²) in [7, 11) is 3.70. The fourth-order valence-corrected chi connectivity index (χ4v) is 4.40. The number of carbonyl (C=O) groups is 2. The van der Waals surface area contributed by atoms with Crippen molar-refractivity contribution in [3.05, 3.63) is 41.3 Å². The molecule has 4 heterocycles. The van der Waals surface area contributed by atoms with Gasteiger partial charge in [-0.25, -0.2) is 0 Å². The maximum Gasteiger partial charge on any atom is 0.253 e. The molecular weight excluding hydrogens is 370 g/mol. The van der Waals surface area contributed by atoms with Gasteiger partial charge in [0.1, 0.15) is 5.60 Å². The topological polar surface area (TPSA) is 82.3 Å². The standard InChI is InChI=1S/C21H23N5O3/c1-13-19-18(23-24(13)2)17(27)11-21(29-19)6-8-26(9-7-21)20(28)14-4-5-16-15(10-14)12-22-25(16)3/h4-5,10,12H,6-9,11H2,1-3H3. The van der Waals surface area contributed by atoms with Gasteiger partial charge in [-0.2, -0.15) is 10.2 Å². The van der Waals surface area contributed by atoms with Crippen molar-refractivity contribution in [2.45, 2.75) is 31.8 Å². The molecule has 0 saturated carbocycles. The highest BCUT2D eigenvalue weighted by Crippen LogP contribution is 2.40. The second-order valence-corrected chi connectivity index (χ2v) is 8.11. The summed E-state index contributed by atoms with van der Waals surface area (Å²) in [5, 5.41) is 9.48. The Labute approximate surface area is 168 Å². The van der Waals surface area contributed by atoms with Crippen molar-refractivity contribution in [3.8, 4) is 5.75 Å². The van der Waals surface area contributed by atoms with E-state index in [9.17, 15) is 9.59 Å². The van der Waals surface area contributed by atoms with E-state index in [-0.39, 0.29) is 11.7 Å². The number of benzene rings is 1. The van der Waals surface area contributed by atoms with Crippen LogP contribution in [0.4, 0.5) is 0 Å². The van der Waals surface area contributed by atoms with Crippen molar-refractivity contribution in [2.75, 3.05) is 13.1 Å². The Morgan fingerprint density at radius 2 is 1.93 bits per heavy atom. The molecule has 8 nitrogen and oxygen atoms in total. The molecular formula is C21H23N5O3. The van der Waals surface area contributed by atoms with Crippen LogP contribution in [-0.2, 0) is 14.1 Å². The molecule has 0 radical (unpaired) electrons. The van der Waals surface area contributed by atoms with Gasteiger partial charge < -0.3 is 9.64 Å². The van der Waals surface area contributed by atoms with Crippen LogP contribution in [0.5, 0.6) is 5.75 Å². The highest BCUT2D eigenvalue weighted by Gasteiger charge is 2.45. The predicted molar refractivity (Wildman–Crippen MR) is 106 cm³/mol. The summed E-state index contributed by atoms with van der Waals surface area (Å²) in [6.07, 6.45) is 3.35. The molecule has 0 atom stereocenters. The van der Waals surface area contributed by atoms with Crippen molar-refractivity contribution < 1.29 is 14.3 Å². The van der Waals surface area contributed by atoms with E-state index in [1.807, 2.05) is 44.1 Å². The summed E-state index contributed by atoms with van der Waals surface area (Å²) in [4.78, 5) is 27.5. The van der Waals surface area contributed by atoms with Gasteiger partial charge in [-0.05, 0) is 25.1 Å². The number of hydrogen-bond donors (Lipinski definition) is 0. The smallest absolute Gasteiger partial charge is 0.253 e. The van der Waals surface area contributed by atoms with Crippen molar-refractivity contribution in [1.29, 1.82) is 0 Å². The van der Waals surface area contributed by atoms with Crippen LogP contribution in [0.25, 0.3) is 10.9 Å². The maximum absolute atomic E-state index is 13.0. The van der Waals surface area contributed by atoms with E-state index in [1.54, 1.807) is 15.6 Å². The molecule has 5 rings (SSSR count). The molecule has 1 aromatic carbocycles. The van der Waals surface area contributed by atoms with Crippen LogP contribution in [0.1, 0.15) is 45.8 Å². The number of ketones is 1. The molecule has 29 heavy (non-hydrogen) atoms. The monoisotopic (exact) mass is 393 g/mol. The molecule has 0 aliphatic carbocycles. The first-order valence-electron chi connectivity index (χ1n) is 9.84. The third-order valence-electron chi connectivity index (χ3n) is 6.30. The summed E-state index contributed by atoms with van der Waals surface area (Å²) in [5.41, 5.74) is 2.40. The van der Waals surface area contributed by atoms with Crippen molar-refractivity contribution in [1.82, 2.24) is 24.5 Å². The minimum absolute atomic E-state index is 0.00554. The minimum Gasteiger partial charge on any atom is -0.482 e. The highest BCUT2D eigenvalue weighted by atomic mass is 16.5. The number of ether oxygens (including phenoxy) is 1. The Bertz CT molecular complexity index is 1150. The Kier molecular flexibility index (Phi) is 3.81. The van der Waals surface area contributed by atoms with E-state index in [2.05, 4.69) is 10.2 Å². The second kappa shape index (κ2) is 6.17. The van der Waals surface area contributed by atoms with Gasteiger partial charge in [0.15, 0.2) is 17.2 Å². The Morgan fingerprint density at radius 1 is 1.17 bits per heavy atom. The lowest BCUT2D eigenvalue weighted by atomic mass is 9.83. The molecule has 3 aromatic rings. The highest BCUT2D eigenvalue weighted by molar-refractivity contribution is 5.99. The fourth-order valence-electron chi connectivity index (χ4n) is 4.40. The van der Waals surface area contributed by atoms with Gasteiger partial charge in [0.05, 0.1) is 23.8 Å². The third kappa shape index (κ3) is 2.73. The van der Waals surface area contributed by atoms with Crippen LogP contribution >= 0.6 is 0 Å². The van der Waals surface area contributed by atoms with E-state index in [4.69, 9.17) is 4.74 Å². The molecule has 0 N–H and O–H groups in total. The number of amides is 1. The number of aryl methyl sites for hydroxylation is 2. The van der Waals surface area contributed by atoms with Gasteiger partial charge in [0.25, 0.3) is 5.91 Å². The van der Waals surface area contributed by atoms with Crippen molar-refractivity contribution in [3.63, 3.8) is 0 Å². The zero-order chi connectivity index (χ0) is 20.3. The fraction of sp³-hybridized carbons (Fsp3) is 0.429. The number of likely N-dealkylation sites (tertiary alicyclic amines) is 1. The van der Waals surface area contributed by atoms with E-state index >= 15 is 0 Å². The lowest BCUT2D eigenvalue weighted by Crippen LogP contribution is -2.52. The van der Waals surface area contributed by atoms with Crippen molar-refractivity contribution in [2.24, 2.45) is 14.1 Å². The summed E-state index contributed by atoms with van der Waals surface area (Å²) in [6, 6.07) is 5.67.